The average molecular weight is 429 g/mol. The summed E-state index contributed by atoms with van der Waals surface area (Å²) in [7, 11) is 0. The Hall–Kier alpha value is -3.89. The van der Waals surface area contributed by atoms with Gasteiger partial charge in [0, 0.05) is 24.2 Å². The molecule has 1 saturated carbocycles. The van der Waals surface area contributed by atoms with Gasteiger partial charge in [0.15, 0.2) is 5.65 Å². The standard InChI is InChI=1S/C20H14F3N5O3/c21-20(22,23)31-16-4-2-1-3-10(16)11-7-12(11)13-8-15(27-28-6-5-24-17(13)28)14-9-25-19(30)26-18(14)29/h1-6,8-9,11-12H,7H2,(H2,25,26,29,30). The van der Waals surface area contributed by atoms with Crippen LogP contribution in [0.15, 0.2) is 58.5 Å². The first-order chi connectivity index (χ1) is 14.8. The van der Waals surface area contributed by atoms with Crippen molar-refractivity contribution >= 4 is 5.65 Å². The van der Waals surface area contributed by atoms with Gasteiger partial charge < -0.3 is 9.72 Å². The molecule has 3 heterocycles. The Balaban J connectivity index is 1.56. The number of imidazole rings is 1. The number of fused-ring (bicyclic) bond motifs is 1. The molecule has 0 saturated heterocycles. The topological polar surface area (TPSA) is 105 Å². The van der Waals surface area contributed by atoms with Crippen LogP contribution in [0, 0.1) is 0 Å². The summed E-state index contributed by atoms with van der Waals surface area (Å²) in [4.78, 5) is 32.4. The molecule has 0 amide bonds. The minimum absolute atomic E-state index is 0.133. The average Bonchev–Trinajstić information content (AvgIpc) is 3.34. The highest BCUT2D eigenvalue weighted by Gasteiger charge is 2.44. The van der Waals surface area contributed by atoms with E-state index in [1.54, 1.807) is 30.6 Å². The number of hydrogen-bond donors (Lipinski definition) is 2. The summed E-state index contributed by atoms with van der Waals surface area (Å²) in [6, 6.07) is 7.74. The van der Waals surface area contributed by atoms with Gasteiger partial charge in [-0.15, -0.1) is 13.2 Å². The fraction of sp³-hybridized carbons (Fsp3) is 0.200. The molecule has 2 unspecified atom stereocenters. The maximum Gasteiger partial charge on any atom is 0.573 e. The number of nitrogens with zero attached hydrogens (tertiary/aromatic N) is 3. The second kappa shape index (κ2) is 6.83. The highest BCUT2D eigenvalue weighted by atomic mass is 19.4. The number of benzene rings is 1. The number of rotatable bonds is 4. The van der Waals surface area contributed by atoms with Crippen LogP contribution in [-0.2, 0) is 0 Å². The summed E-state index contributed by atoms with van der Waals surface area (Å²) in [5.41, 5.74) is 0.977. The summed E-state index contributed by atoms with van der Waals surface area (Å²) in [6.07, 6.45) is 0.232. The van der Waals surface area contributed by atoms with E-state index < -0.39 is 17.6 Å². The molecule has 1 aromatic carbocycles. The number of nitrogens with one attached hydrogen (secondary N) is 2. The van der Waals surface area contributed by atoms with Crippen molar-refractivity contribution in [1.29, 1.82) is 0 Å². The van der Waals surface area contributed by atoms with Crippen molar-refractivity contribution in [3.8, 4) is 17.0 Å². The predicted molar refractivity (Wildman–Crippen MR) is 103 cm³/mol. The molecule has 5 rings (SSSR count). The molecular weight excluding hydrogens is 415 g/mol. The molecule has 0 spiro atoms. The zero-order valence-corrected chi connectivity index (χ0v) is 15.7. The van der Waals surface area contributed by atoms with E-state index in [2.05, 4.69) is 24.8 Å². The van der Waals surface area contributed by atoms with Crippen LogP contribution in [0.25, 0.3) is 16.9 Å². The zero-order chi connectivity index (χ0) is 21.8. The lowest BCUT2D eigenvalue weighted by Crippen LogP contribution is -2.23. The van der Waals surface area contributed by atoms with E-state index in [1.165, 1.54) is 22.8 Å². The summed E-state index contributed by atoms with van der Waals surface area (Å²) in [5, 5.41) is 4.37. The summed E-state index contributed by atoms with van der Waals surface area (Å²) in [5.74, 6) is -0.567. The van der Waals surface area contributed by atoms with Crippen molar-refractivity contribution < 1.29 is 17.9 Å². The Bertz CT molecular complexity index is 1410. The monoisotopic (exact) mass is 429 g/mol. The molecule has 3 aromatic heterocycles. The fourth-order valence-electron chi connectivity index (χ4n) is 3.83. The molecule has 0 bridgehead atoms. The van der Waals surface area contributed by atoms with E-state index >= 15 is 0 Å². The van der Waals surface area contributed by atoms with E-state index in [-0.39, 0.29) is 23.1 Å². The Kier molecular flexibility index (Phi) is 4.20. The van der Waals surface area contributed by atoms with Crippen LogP contribution in [-0.4, -0.2) is 30.9 Å². The first-order valence-corrected chi connectivity index (χ1v) is 9.31. The third kappa shape index (κ3) is 3.58. The third-order valence-electron chi connectivity index (χ3n) is 5.22. The first-order valence-electron chi connectivity index (χ1n) is 9.31. The van der Waals surface area contributed by atoms with Crippen LogP contribution in [0.2, 0.25) is 0 Å². The summed E-state index contributed by atoms with van der Waals surface area (Å²) >= 11 is 0. The van der Waals surface area contributed by atoms with Crippen molar-refractivity contribution in [2.45, 2.75) is 24.6 Å². The van der Waals surface area contributed by atoms with Gasteiger partial charge in [0.25, 0.3) is 5.56 Å². The fourth-order valence-corrected chi connectivity index (χ4v) is 3.83. The van der Waals surface area contributed by atoms with Crippen LogP contribution in [0.1, 0.15) is 29.4 Å². The van der Waals surface area contributed by atoms with Gasteiger partial charge in [0.2, 0.25) is 0 Å². The summed E-state index contributed by atoms with van der Waals surface area (Å²) < 4.78 is 44.1. The second-order valence-corrected chi connectivity index (χ2v) is 7.20. The molecule has 11 heteroatoms. The minimum atomic E-state index is -4.79. The maximum atomic E-state index is 12.8. The molecule has 0 radical (unpaired) electrons. The molecule has 0 aliphatic heterocycles. The molecule has 4 aromatic rings. The number of aromatic amines is 2. The predicted octanol–water partition coefficient (Wildman–Crippen LogP) is 2.94. The number of halogens is 3. The van der Waals surface area contributed by atoms with E-state index in [9.17, 15) is 22.8 Å². The van der Waals surface area contributed by atoms with E-state index in [0.29, 0.717) is 23.3 Å². The molecule has 2 atom stereocenters. The Morgan fingerprint density at radius 3 is 2.68 bits per heavy atom. The van der Waals surface area contributed by atoms with Gasteiger partial charge in [-0.2, -0.15) is 5.10 Å². The highest BCUT2D eigenvalue weighted by Crippen LogP contribution is 2.57. The van der Waals surface area contributed by atoms with Crippen LogP contribution >= 0.6 is 0 Å². The number of ether oxygens (including phenoxy) is 1. The van der Waals surface area contributed by atoms with Crippen molar-refractivity contribution in [3.05, 3.63) is 80.9 Å². The van der Waals surface area contributed by atoms with Crippen molar-refractivity contribution in [3.63, 3.8) is 0 Å². The van der Waals surface area contributed by atoms with Crippen molar-refractivity contribution in [2.24, 2.45) is 0 Å². The quantitative estimate of drug-likeness (QED) is 0.519. The SMILES string of the molecule is O=c1[nH]cc(-c2cc(C3CC3c3ccccc3OC(F)(F)F)c3nccn3n2)c(=O)[nH]1. The molecular formula is C20H14F3N5O3. The van der Waals surface area contributed by atoms with E-state index in [4.69, 9.17) is 0 Å². The van der Waals surface area contributed by atoms with Crippen LogP contribution in [0.4, 0.5) is 13.2 Å². The molecule has 2 N–H and O–H groups in total. The molecule has 1 aliphatic carbocycles. The van der Waals surface area contributed by atoms with Crippen LogP contribution in [0.3, 0.4) is 0 Å². The molecule has 8 nitrogen and oxygen atoms in total. The molecule has 1 aliphatic rings. The second-order valence-electron chi connectivity index (χ2n) is 7.20. The number of alkyl halides is 3. The number of hydrogen-bond acceptors (Lipinski definition) is 5. The van der Waals surface area contributed by atoms with Gasteiger partial charge in [-0.25, -0.2) is 14.3 Å². The lowest BCUT2D eigenvalue weighted by atomic mass is 10.0. The zero-order valence-electron chi connectivity index (χ0n) is 15.7. The first kappa shape index (κ1) is 19.1. The smallest absolute Gasteiger partial charge is 0.405 e. The number of para-hydroxylation sites is 1. The Labute approximate surface area is 171 Å². The van der Waals surface area contributed by atoms with Crippen molar-refractivity contribution in [2.75, 3.05) is 0 Å². The summed E-state index contributed by atoms with van der Waals surface area (Å²) in [6.45, 7) is 0. The van der Waals surface area contributed by atoms with Crippen LogP contribution in [0.5, 0.6) is 5.75 Å². The van der Waals surface area contributed by atoms with Crippen molar-refractivity contribution in [1.82, 2.24) is 24.6 Å². The lowest BCUT2D eigenvalue weighted by molar-refractivity contribution is -0.274. The Morgan fingerprint density at radius 2 is 1.90 bits per heavy atom. The van der Waals surface area contributed by atoms with E-state index in [1.807, 2.05) is 0 Å². The maximum absolute atomic E-state index is 12.8. The lowest BCUT2D eigenvalue weighted by Gasteiger charge is -2.13. The highest BCUT2D eigenvalue weighted by molar-refractivity contribution is 5.64. The molecule has 31 heavy (non-hydrogen) atoms. The third-order valence-corrected chi connectivity index (χ3v) is 5.22. The van der Waals surface area contributed by atoms with Gasteiger partial charge >= 0.3 is 12.1 Å². The van der Waals surface area contributed by atoms with Gasteiger partial charge in [0.1, 0.15) is 5.75 Å². The molecule has 158 valence electrons. The van der Waals surface area contributed by atoms with Gasteiger partial charge in [-0.05, 0) is 36.0 Å². The number of H-pyrrole nitrogens is 2. The van der Waals surface area contributed by atoms with Gasteiger partial charge in [-0.1, -0.05) is 18.2 Å². The van der Waals surface area contributed by atoms with E-state index in [0.717, 1.165) is 5.56 Å². The van der Waals surface area contributed by atoms with Crippen LogP contribution < -0.4 is 16.0 Å². The largest absolute Gasteiger partial charge is 0.573 e. The van der Waals surface area contributed by atoms with Gasteiger partial charge in [-0.3, -0.25) is 9.78 Å². The molecule has 1 fully saturated rings. The Morgan fingerprint density at radius 1 is 1.13 bits per heavy atom. The number of aromatic nitrogens is 5. The minimum Gasteiger partial charge on any atom is -0.405 e. The van der Waals surface area contributed by atoms with Gasteiger partial charge in [0.05, 0.1) is 11.3 Å². The normalized spacial score (nSPS) is 18.3.